The Kier molecular flexibility index (Phi) is 4.52. The lowest BCUT2D eigenvalue weighted by Gasteiger charge is -2.50. The molecule has 0 bridgehead atoms. The van der Waals surface area contributed by atoms with Gasteiger partial charge in [0.1, 0.15) is 5.75 Å². The van der Waals surface area contributed by atoms with Crippen LogP contribution in [0.15, 0.2) is 48.1 Å². The van der Waals surface area contributed by atoms with Gasteiger partial charge in [0, 0.05) is 18.2 Å². The van der Waals surface area contributed by atoms with Crippen LogP contribution in [0.25, 0.3) is 0 Å². The monoisotopic (exact) mass is 342 g/mol. The van der Waals surface area contributed by atoms with Gasteiger partial charge in [-0.1, -0.05) is 51.3 Å². The number of hydrogen-bond acceptors (Lipinski definition) is 4. The van der Waals surface area contributed by atoms with Gasteiger partial charge < -0.3 is 10.0 Å². The second kappa shape index (κ2) is 6.32. The molecular weight excluding hydrogens is 316 g/mol. The van der Waals surface area contributed by atoms with Crippen LogP contribution < -0.4 is 0 Å². The fourth-order valence-electron chi connectivity index (χ4n) is 4.07. The van der Waals surface area contributed by atoms with Crippen LogP contribution >= 0.6 is 11.8 Å². The minimum absolute atomic E-state index is 0.0356. The number of hydrogen-bond donors (Lipinski definition) is 1. The van der Waals surface area contributed by atoms with Crippen molar-refractivity contribution in [2.45, 2.75) is 33.2 Å². The van der Waals surface area contributed by atoms with Gasteiger partial charge >= 0.3 is 0 Å². The molecule has 0 radical (unpaired) electrons. The maximum atomic E-state index is 9.88. The summed E-state index contributed by atoms with van der Waals surface area (Å²) >= 11 is 1.76. The van der Waals surface area contributed by atoms with E-state index >= 15 is 0 Å². The first-order valence-corrected chi connectivity index (χ1v) is 9.47. The van der Waals surface area contributed by atoms with Crippen molar-refractivity contribution >= 4 is 16.9 Å². The topological polar surface area (TPSA) is 35.8 Å². The zero-order valence-corrected chi connectivity index (χ0v) is 15.6. The van der Waals surface area contributed by atoms with E-state index in [2.05, 4.69) is 38.8 Å². The Morgan fingerprint density at radius 1 is 1.46 bits per heavy atom. The summed E-state index contributed by atoms with van der Waals surface area (Å²) < 4.78 is 0. The zero-order chi connectivity index (χ0) is 17.5. The summed E-state index contributed by atoms with van der Waals surface area (Å²) in [7, 11) is 0. The van der Waals surface area contributed by atoms with Gasteiger partial charge in [-0.3, -0.25) is 4.99 Å². The molecule has 1 N–H and O–H groups in total. The molecule has 128 valence electrons. The van der Waals surface area contributed by atoms with Gasteiger partial charge in [0.05, 0.1) is 6.04 Å². The molecule has 1 aromatic rings. The van der Waals surface area contributed by atoms with Gasteiger partial charge in [-0.15, -0.1) is 6.58 Å². The lowest BCUT2D eigenvalue weighted by Crippen LogP contribution is -2.46. The Balaban J connectivity index is 2.15. The molecule has 0 fully saturated rings. The Labute approximate surface area is 149 Å². The minimum atomic E-state index is 0.0356. The summed E-state index contributed by atoms with van der Waals surface area (Å²) in [6.07, 6.45) is 2.84. The summed E-state index contributed by atoms with van der Waals surface area (Å²) in [5, 5.41) is 10.9. The van der Waals surface area contributed by atoms with E-state index in [1.807, 2.05) is 18.2 Å². The molecule has 3 rings (SSSR count). The van der Waals surface area contributed by atoms with Crippen molar-refractivity contribution in [3.05, 3.63) is 54.3 Å². The summed E-state index contributed by atoms with van der Waals surface area (Å²) in [5.41, 5.74) is 3.60. The third kappa shape index (κ3) is 2.77. The largest absolute Gasteiger partial charge is 0.508 e. The third-order valence-electron chi connectivity index (χ3n) is 5.02. The number of phenolic OH excluding ortho intramolecular Hbond substituents is 1. The molecule has 2 unspecified atom stereocenters. The maximum absolute atomic E-state index is 9.88. The van der Waals surface area contributed by atoms with Gasteiger partial charge in [0.25, 0.3) is 0 Å². The van der Waals surface area contributed by atoms with Crippen molar-refractivity contribution in [1.82, 2.24) is 4.90 Å². The summed E-state index contributed by atoms with van der Waals surface area (Å²) in [6, 6.07) is 5.78. The van der Waals surface area contributed by atoms with Crippen molar-refractivity contribution in [3.63, 3.8) is 0 Å². The van der Waals surface area contributed by atoms with Crippen LogP contribution in [-0.4, -0.2) is 27.5 Å². The van der Waals surface area contributed by atoms with Crippen LogP contribution in [0.5, 0.6) is 5.75 Å². The number of nitrogens with zero attached hydrogens (tertiary/aromatic N) is 2. The normalized spacial score (nSPS) is 24.9. The number of rotatable bonds is 3. The van der Waals surface area contributed by atoms with Gasteiger partial charge in [0.15, 0.2) is 5.17 Å². The van der Waals surface area contributed by atoms with Crippen LogP contribution in [0.1, 0.15) is 37.9 Å². The Bertz CT molecular complexity index is 708. The van der Waals surface area contributed by atoms with Crippen LogP contribution in [0.4, 0.5) is 0 Å². The van der Waals surface area contributed by atoms with Crippen LogP contribution in [0.3, 0.4) is 0 Å². The number of thioether (sulfide) groups is 1. The molecule has 0 amide bonds. The second-order valence-electron chi connectivity index (χ2n) is 7.21. The summed E-state index contributed by atoms with van der Waals surface area (Å²) in [6.45, 7) is 15.8. The number of aromatic hydroxyl groups is 1. The molecule has 0 aromatic heterocycles. The van der Waals surface area contributed by atoms with Gasteiger partial charge in [-0.05, 0) is 40.8 Å². The van der Waals surface area contributed by atoms with Gasteiger partial charge in [0.2, 0.25) is 0 Å². The number of aliphatic imine (C=N–C) groups is 1. The number of fused-ring (bicyclic) bond motifs is 3. The molecule has 2 aliphatic rings. The second-order valence-corrected chi connectivity index (χ2v) is 8.44. The van der Waals surface area contributed by atoms with Crippen molar-refractivity contribution in [1.29, 1.82) is 0 Å². The van der Waals surface area contributed by atoms with Crippen molar-refractivity contribution in [2.24, 2.45) is 16.3 Å². The maximum Gasteiger partial charge on any atom is 0.164 e. The predicted octanol–water partition coefficient (Wildman–Crippen LogP) is 4.76. The van der Waals surface area contributed by atoms with E-state index in [1.54, 1.807) is 17.8 Å². The molecule has 24 heavy (non-hydrogen) atoms. The highest BCUT2D eigenvalue weighted by Crippen LogP contribution is 2.53. The highest BCUT2D eigenvalue weighted by molar-refractivity contribution is 8.13. The molecule has 3 nitrogen and oxygen atoms in total. The van der Waals surface area contributed by atoms with Gasteiger partial charge in [-0.25, -0.2) is 0 Å². The van der Waals surface area contributed by atoms with E-state index in [1.165, 1.54) is 11.1 Å². The van der Waals surface area contributed by atoms with E-state index in [9.17, 15) is 5.11 Å². The van der Waals surface area contributed by atoms with Crippen molar-refractivity contribution < 1.29 is 5.11 Å². The lowest BCUT2D eigenvalue weighted by atomic mass is 9.62. The average molecular weight is 343 g/mol. The molecule has 0 saturated heterocycles. The number of benzene rings is 1. The van der Waals surface area contributed by atoms with E-state index in [0.717, 1.165) is 29.6 Å². The number of amidine groups is 1. The molecule has 1 aromatic carbocycles. The summed E-state index contributed by atoms with van der Waals surface area (Å²) in [4.78, 5) is 7.34. The minimum Gasteiger partial charge on any atom is -0.508 e. The molecule has 1 aliphatic carbocycles. The molecule has 1 heterocycles. The molecular formula is C20H26N2OS. The van der Waals surface area contributed by atoms with Crippen molar-refractivity contribution in [2.75, 3.05) is 12.3 Å². The highest BCUT2D eigenvalue weighted by atomic mass is 32.2. The predicted molar refractivity (Wildman–Crippen MR) is 103 cm³/mol. The quantitative estimate of drug-likeness (QED) is 0.805. The Hall–Kier alpha value is -1.68. The van der Waals surface area contributed by atoms with Crippen LogP contribution in [-0.2, 0) is 6.42 Å². The third-order valence-corrected chi connectivity index (χ3v) is 5.89. The molecule has 4 heteroatoms. The molecule has 0 saturated carbocycles. The zero-order valence-electron chi connectivity index (χ0n) is 14.7. The van der Waals surface area contributed by atoms with E-state index < -0.39 is 0 Å². The van der Waals surface area contributed by atoms with E-state index in [4.69, 9.17) is 4.99 Å². The first-order chi connectivity index (χ1) is 11.4. The highest BCUT2D eigenvalue weighted by Gasteiger charge is 2.47. The Morgan fingerprint density at radius 3 is 2.88 bits per heavy atom. The molecule has 1 aliphatic heterocycles. The fourth-order valence-corrected chi connectivity index (χ4v) is 4.86. The summed E-state index contributed by atoms with van der Waals surface area (Å²) in [5.74, 6) is 1.57. The Morgan fingerprint density at radius 2 is 2.21 bits per heavy atom. The fraction of sp³-hybridized carbons (Fsp3) is 0.450. The smallest absolute Gasteiger partial charge is 0.164 e. The average Bonchev–Trinajstić information content (AvgIpc) is 2.49. The SMILES string of the molecule is C=CCN1C(=C)C2C(N=C1SCC)c1ccc(O)cc1CC2(C)C. The van der Waals surface area contributed by atoms with Crippen molar-refractivity contribution in [3.8, 4) is 5.75 Å². The van der Waals surface area contributed by atoms with Crippen LogP contribution in [0.2, 0.25) is 0 Å². The lowest BCUT2D eigenvalue weighted by molar-refractivity contribution is 0.162. The molecule has 0 spiro atoms. The van der Waals surface area contributed by atoms with Gasteiger partial charge in [-0.2, -0.15) is 0 Å². The number of phenols is 1. The first kappa shape index (κ1) is 17.2. The van der Waals surface area contributed by atoms with Crippen LogP contribution in [0, 0.1) is 11.3 Å². The standard InChI is InChI=1S/C20H26N2OS/c1-6-10-22-13(3)17-18(21-19(22)24-7-2)16-9-8-15(23)11-14(16)12-20(17,4)5/h6,8-9,11,17-18,23H,1,3,7,10,12H2,2,4-5H3. The first-order valence-electron chi connectivity index (χ1n) is 8.48. The van der Waals surface area contributed by atoms with E-state index in [-0.39, 0.29) is 17.4 Å². The molecule has 2 atom stereocenters. The van der Waals surface area contributed by atoms with E-state index in [0.29, 0.717) is 5.75 Å².